The van der Waals surface area contributed by atoms with Crippen molar-refractivity contribution < 1.29 is 0 Å². The van der Waals surface area contributed by atoms with E-state index in [-0.39, 0.29) is 12.4 Å². The van der Waals surface area contributed by atoms with E-state index in [1.54, 1.807) is 6.20 Å². The van der Waals surface area contributed by atoms with Gasteiger partial charge >= 0.3 is 0 Å². The van der Waals surface area contributed by atoms with Crippen molar-refractivity contribution >= 4 is 12.4 Å². The summed E-state index contributed by atoms with van der Waals surface area (Å²) in [7, 11) is 0. The highest BCUT2D eigenvalue weighted by molar-refractivity contribution is 5.85. The predicted octanol–water partition coefficient (Wildman–Crippen LogP) is 2.39. The van der Waals surface area contributed by atoms with E-state index in [9.17, 15) is 0 Å². The van der Waals surface area contributed by atoms with Crippen molar-refractivity contribution in [3.05, 3.63) is 30.1 Å². The summed E-state index contributed by atoms with van der Waals surface area (Å²) < 4.78 is 0. The molecule has 0 bridgehead atoms. The zero-order valence-corrected chi connectivity index (χ0v) is 8.81. The van der Waals surface area contributed by atoms with Gasteiger partial charge < -0.3 is 5.32 Å². The maximum atomic E-state index is 4.04. The minimum Gasteiger partial charge on any atom is -0.313 e. The van der Waals surface area contributed by atoms with E-state index in [0.717, 1.165) is 13.1 Å². The Kier molecular flexibility index (Phi) is 7.65. The summed E-state index contributed by atoms with van der Waals surface area (Å²) in [4.78, 5) is 4.04. The Morgan fingerprint density at radius 2 is 2.31 bits per heavy atom. The highest BCUT2D eigenvalue weighted by Crippen LogP contribution is 1.94. The summed E-state index contributed by atoms with van der Waals surface area (Å²) in [6.07, 6.45) is 6.20. The molecule has 0 unspecified atom stereocenters. The van der Waals surface area contributed by atoms with Crippen LogP contribution < -0.4 is 5.32 Å². The first-order valence-corrected chi connectivity index (χ1v) is 4.53. The number of nitrogens with one attached hydrogen (secondary N) is 1. The van der Waals surface area contributed by atoms with Gasteiger partial charge in [-0.1, -0.05) is 19.4 Å². The molecular formula is C10H17ClN2. The zero-order valence-electron chi connectivity index (χ0n) is 7.99. The molecule has 0 radical (unpaired) electrons. The maximum Gasteiger partial charge on any atom is 0.0312 e. The molecule has 0 aliphatic carbocycles. The van der Waals surface area contributed by atoms with Crippen LogP contribution in [0.4, 0.5) is 0 Å². The number of pyridine rings is 1. The molecule has 3 heteroatoms. The van der Waals surface area contributed by atoms with Gasteiger partial charge in [-0.3, -0.25) is 4.98 Å². The summed E-state index contributed by atoms with van der Waals surface area (Å²) in [5.41, 5.74) is 1.26. The second kappa shape index (κ2) is 8.02. The lowest BCUT2D eigenvalue weighted by Gasteiger charge is -2.02. The molecule has 0 saturated heterocycles. The third kappa shape index (κ3) is 5.61. The van der Waals surface area contributed by atoms with Gasteiger partial charge in [-0.25, -0.2) is 0 Å². The van der Waals surface area contributed by atoms with Crippen molar-refractivity contribution in [3.8, 4) is 0 Å². The highest BCUT2D eigenvalue weighted by atomic mass is 35.5. The first-order chi connectivity index (χ1) is 5.93. The lowest BCUT2D eigenvalue weighted by molar-refractivity contribution is 0.640. The molecular weight excluding hydrogens is 184 g/mol. The molecule has 0 aliphatic heterocycles. The molecule has 0 saturated carbocycles. The Bertz CT molecular complexity index is 201. The summed E-state index contributed by atoms with van der Waals surface area (Å²) in [6.45, 7) is 4.24. The molecule has 1 aromatic rings. The van der Waals surface area contributed by atoms with Gasteiger partial charge in [0.2, 0.25) is 0 Å². The van der Waals surface area contributed by atoms with E-state index in [1.807, 2.05) is 12.3 Å². The van der Waals surface area contributed by atoms with Gasteiger partial charge in [-0.05, 0) is 24.6 Å². The monoisotopic (exact) mass is 200 g/mol. The Hall–Kier alpha value is -0.600. The number of hydrogen-bond acceptors (Lipinski definition) is 2. The Morgan fingerprint density at radius 3 is 2.92 bits per heavy atom. The van der Waals surface area contributed by atoms with Crippen molar-refractivity contribution in [1.82, 2.24) is 10.3 Å². The van der Waals surface area contributed by atoms with E-state index in [1.165, 1.54) is 18.4 Å². The Morgan fingerprint density at radius 1 is 1.46 bits per heavy atom. The average molecular weight is 201 g/mol. The van der Waals surface area contributed by atoms with Crippen LogP contribution in [0, 0.1) is 0 Å². The van der Waals surface area contributed by atoms with Crippen molar-refractivity contribution in [1.29, 1.82) is 0 Å². The van der Waals surface area contributed by atoms with Gasteiger partial charge in [0, 0.05) is 18.9 Å². The molecule has 1 heterocycles. The number of hydrogen-bond donors (Lipinski definition) is 1. The molecule has 1 N–H and O–H groups in total. The van der Waals surface area contributed by atoms with E-state index >= 15 is 0 Å². The van der Waals surface area contributed by atoms with E-state index in [0.29, 0.717) is 0 Å². The number of rotatable bonds is 5. The fourth-order valence-electron chi connectivity index (χ4n) is 1.04. The summed E-state index contributed by atoms with van der Waals surface area (Å²) >= 11 is 0. The second-order valence-electron chi connectivity index (χ2n) is 2.89. The van der Waals surface area contributed by atoms with Crippen LogP contribution in [-0.4, -0.2) is 11.5 Å². The SMILES string of the molecule is CCCCNCc1cccnc1.Cl. The molecule has 1 aromatic heterocycles. The topological polar surface area (TPSA) is 24.9 Å². The summed E-state index contributed by atoms with van der Waals surface area (Å²) in [5.74, 6) is 0. The van der Waals surface area contributed by atoms with Gasteiger partial charge in [0.05, 0.1) is 0 Å². The molecule has 2 nitrogen and oxygen atoms in total. The molecule has 13 heavy (non-hydrogen) atoms. The van der Waals surface area contributed by atoms with Crippen molar-refractivity contribution in [3.63, 3.8) is 0 Å². The van der Waals surface area contributed by atoms with E-state index < -0.39 is 0 Å². The second-order valence-corrected chi connectivity index (χ2v) is 2.89. The Labute approximate surface area is 86.2 Å². The summed E-state index contributed by atoms with van der Waals surface area (Å²) in [5, 5.41) is 3.36. The van der Waals surface area contributed by atoms with Crippen LogP contribution in [0.15, 0.2) is 24.5 Å². The van der Waals surface area contributed by atoms with Crippen LogP contribution in [0.1, 0.15) is 25.3 Å². The number of nitrogens with zero attached hydrogens (tertiary/aromatic N) is 1. The van der Waals surface area contributed by atoms with Crippen molar-refractivity contribution in [2.45, 2.75) is 26.3 Å². The van der Waals surface area contributed by atoms with Gasteiger partial charge in [-0.2, -0.15) is 0 Å². The molecule has 0 spiro atoms. The molecule has 0 aliphatic rings. The zero-order chi connectivity index (χ0) is 8.65. The largest absolute Gasteiger partial charge is 0.313 e. The molecule has 0 amide bonds. The number of aromatic nitrogens is 1. The summed E-state index contributed by atoms with van der Waals surface area (Å²) in [6, 6.07) is 4.06. The highest BCUT2D eigenvalue weighted by Gasteiger charge is 1.89. The lowest BCUT2D eigenvalue weighted by Crippen LogP contribution is -2.14. The molecule has 0 aromatic carbocycles. The maximum absolute atomic E-state index is 4.04. The standard InChI is InChI=1S/C10H16N2.ClH/c1-2-3-6-11-8-10-5-4-7-12-9-10;/h4-5,7,9,11H,2-3,6,8H2,1H3;1H. The van der Waals surface area contributed by atoms with Gasteiger partial charge in [0.15, 0.2) is 0 Å². The van der Waals surface area contributed by atoms with Gasteiger partial charge in [0.25, 0.3) is 0 Å². The Balaban J connectivity index is 0.00000144. The van der Waals surface area contributed by atoms with Crippen molar-refractivity contribution in [2.75, 3.05) is 6.54 Å². The normalized spacial score (nSPS) is 9.31. The van der Waals surface area contributed by atoms with Crippen LogP contribution in [0.25, 0.3) is 0 Å². The van der Waals surface area contributed by atoms with Crippen LogP contribution in [0.5, 0.6) is 0 Å². The molecule has 74 valence electrons. The fraction of sp³-hybridized carbons (Fsp3) is 0.500. The van der Waals surface area contributed by atoms with Gasteiger partial charge in [-0.15, -0.1) is 12.4 Å². The van der Waals surface area contributed by atoms with Crippen molar-refractivity contribution in [2.24, 2.45) is 0 Å². The quantitative estimate of drug-likeness (QED) is 0.739. The lowest BCUT2D eigenvalue weighted by atomic mass is 10.3. The third-order valence-corrected chi connectivity index (χ3v) is 1.76. The molecule has 0 atom stereocenters. The van der Waals surface area contributed by atoms with Crippen LogP contribution in [0.3, 0.4) is 0 Å². The minimum atomic E-state index is 0. The molecule has 1 rings (SSSR count). The van der Waals surface area contributed by atoms with E-state index in [2.05, 4.69) is 23.3 Å². The first kappa shape index (κ1) is 12.4. The fourth-order valence-corrected chi connectivity index (χ4v) is 1.04. The molecule has 0 fully saturated rings. The first-order valence-electron chi connectivity index (χ1n) is 4.53. The third-order valence-electron chi connectivity index (χ3n) is 1.76. The minimum absolute atomic E-state index is 0. The number of halogens is 1. The van der Waals surface area contributed by atoms with Crippen LogP contribution >= 0.6 is 12.4 Å². The van der Waals surface area contributed by atoms with E-state index in [4.69, 9.17) is 0 Å². The average Bonchev–Trinajstić information content (AvgIpc) is 2.14. The number of unbranched alkanes of at least 4 members (excludes halogenated alkanes) is 1. The predicted molar refractivity (Wildman–Crippen MR) is 58.1 cm³/mol. The smallest absolute Gasteiger partial charge is 0.0312 e. The van der Waals surface area contributed by atoms with Crippen LogP contribution in [-0.2, 0) is 6.54 Å². The van der Waals surface area contributed by atoms with Gasteiger partial charge in [0.1, 0.15) is 0 Å². The van der Waals surface area contributed by atoms with Crippen LogP contribution in [0.2, 0.25) is 0 Å².